The number of hydrogen-bond acceptors (Lipinski definition) is 14. The van der Waals surface area contributed by atoms with Crippen LogP contribution in [0.15, 0.2) is 81.9 Å². The molecule has 330 valence electrons. The molecular formula is C45H38N8O12. The maximum absolute atomic E-state index is 13.1. The van der Waals surface area contributed by atoms with Crippen molar-refractivity contribution in [2.75, 3.05) is 27.3 Å². The zero-order valence-corrected chi connectivity index (χ0v) is 35.2. The fourth-order valence-electron chi connectivity index (χ4n) is 8.28. The quantitative estimate of drug-likeness (QED) is 0.106. The van der Waals surface area contributed by atoms with E-state index in [4.69, 9.17) is 18.3 Å². The highest BCUT2D eigenvalue weighted by molar-refractivity contribution is 6.10. The molecule has 4 aliphatic heterocycles. The summed E-state index contributed by atoms with van der Waals surface area (Å²) < 4.78 is 22.2. The topological polar surface area (TPSA) is 262 Å². The Balaban J connectivity index is 0.000000164. The van der Waals surface area contributed by atoms with Gasteiger partial charge in [-0.2, -0.15) is 0 Å². The fraction of sp³-hybridized carbons (Fsp3) is 0.244. The van der Waals surface area contributed by atoms with E-state index in [9.17, 15) is 38.4 Å². The van der Waals surface area contributed by atoms with Crippen molar-refractivity contribution in [1.29, 1.82) is 0 Å². The van der Waals surface area contributed by atoms with Crippen LogP contribution in [-0.2, 0) is 33.8 Å². The van der Waals surface area contributed by atoms with Crippen LogP contribution in [0.1, 0.15) is 84.3 Å². The van der Waals surface area contributed by atoms with Crippen LogP contribution in [-0.4, -0.2) is 94.3 Å². The molecule has 4 aliphatic rings. The Morgan fingerprint density at radius 3 is 1.51 bits per heavy atom. The number of nitrogens with one attached hydrogen (secondary N) is 4. The number of urea groups is 2. The normalized spacial score (nSPS) is 19.7. The van der Waals surface area contributed by atoms with E-state index >= 15 is 0 Å². The van der Waals surface area contributed by atoms with Gasteiger partial charge >= 0.3 is 12.1 Å². The van der Waals surface area contributed by atoms with Crippen molar-refractivity contribution >= 4 is 69.5 Å². The Bertz CT molecular complexity index is 3080. The average molecular weight is 883 g/mol. The summed E-state index contributed by atoms with van der Waals surface area (Å²) in [6, 6.07) is 15.2. The second-order valence-corrected chi connectivity index (χ2v) is 15.8. The lowest BCUT2D eigenvalue weighted by Crippen LogP contribution is -2.52. The number of ketones is 2. The Morgan fingerprint density at radius 1 is 0.662 bits per heavy atom. The number of pyridine rings is 2. The summed E-state index contributed by atoms with van der Waals surface area (Å²) in [4.78, 5) is 111. The maximum atomic E-state index is 13.1. The highest BCUT2D eigenvalue weighted by Gasteiger charge is 2.54. The predicted molar refractivity (Wildman–Crippen MR) is 225 cm³/mol. The number of methoxy groups -OCH3 is 2. The lowest BCUT2D eigenvalue weighted by Gasteiger charge is -2.28. The number of benzene rings is 2. The SMILES string of the molecule is CCC(=O)c1cnc2cc([C@]3(CN4Cc5ccc(OC)cc5C4=O)NC(=O)NC3=O)oc2c1.COc1ccc2c(c1)C(=O)N(C[C@@]1(c3cc4ncc(C(C)=O)cc4o3)NC(=O)NC1=O)C2. The molecule has 0 spiro atoms. The van der Waals surface area contributed by atoms with E-state index in [1.165, 1.54) is 61.5 Å². The number of amides is 8. The maximum Gasteiger partial charge on any atom is 0.322 e. The van der Waals surface area contributed by atoms with Crippen LogP contribution in [0, 0.1) is 0 Å². The molecule has 20 heteroatoms. The zero-order valence-electron chi connectivity index (χ0n) is 35.2. The van der Waals surface area contributed by atoms with Gasteiger partial charge < -0.3 is 38.7 Å². The van der Waals surface area contributed by atoms with Gasteiger partial charge in [-0.3, -0.25) is 49.4 Å². The molecule has 0 aliphatic carbocycles. The fourth-order valence-corrected chi connectivity index (χ4v) is 8.28. The average Bonchev–Trinajstić information content (AvgIpc) is 4.15. The first-order valence-corrected chi connectivity index (χ1v) is 20.2. The van der Waals surface area contributed by atoms with Crippen molar-refractivity contribution in [1.82, 2.24) is 41.0 Å². The van der Waals surface area contributed by atoms with E-state index < -0.39 is 35.0 Å². The zero-order chi connectivity index (χ0) is 45.9. The third kappa shape index (κ3) is 7.13. The Labute approximate surface area is 367 Å². The Morgan fingerprint density at radius 2 is 1.11 bits per heavy atom. The predicted octanol–water partition coefficient (Wildman–Crippen LogP) is 3.85. The van der Waals surface area contributed by atoms with Crippen molar-refractivity contribution in [3.63, 3.8) is 0 Å². The molecule has 0 radical (unpaired) electrons. The number of furan rings is 2. The lowest BCUT2D eigenvalue weighted by atomic mass is 9.95. The van der Waals surface area contributed by atoms with E-state index in [0.717, 1.165) is 11.1 Å². The summed E-state index contributed by atoms with van der Waals surface area (Å²) >= 11 is 0. The summed E-state index contributed by atoms with van der Waals surface area (Å²) in [5.74, 6) is -0.817. The largest absolute Gasteiger partial charge is 0.497 e. The van der Waals surface area contributed by atoms with Crippen molar-refractivity contribution in [2.45, 2.75) is 44.4 Å². The molecule has 4 N–H and O–H groups in total. The van der Waals surface area contributed by atoms with Crippen molar-refractivity contribution in [2.24, 2.45) is 0 Å². The van der Waals surface area contributed by atoms with Crippen molar-refractivity contribution in [3.05, 3.63) is 118 Å². The number of hydrogen-bond donors (Lipinski definition) is 4. The number of imide groups is 2. The van der Waals surface area contributed by atoms with Crippen molar-refractivity contribution < 1.29 is 56.7 Å². The molecule has 4 aromatic heterocycles. The number of carbonyl (C=O) groups is 8. The molecule has 8 amide bonds. The number of ether oxygens (including phenoxy) is 2. The highest BCUT2D eigenvalue weighted by atomic mass is 16.5. The first-order chi connectivity index (χ1) is 31.1. The molecule has 2 aromatic carbocycles. The van der Waals surface area contributed by atoms with Gasteiger partial charge in [-0.15, -0.1) is 0 Å². The number of Topliss-reactive ketones (excluding diaryl/α,β-unsaturated/α-hetero) is 2. The summed E-state index contributed by atoms with van der Waals surface area (Å²) in [5, 5.41) is 9.72. The van der Waals surface area contributed by atoms with Gasteiger partial charge in [0.15, 0.2) is 33.8 Å². The van der Waals surface area contributed by atoms with Gasteiger partial charge in [0, 0.05) is 66.3 Å². The molecule has 2 fully saturated rings. The molecule has 2 saturated heterocycles. The summed E-state index contributed by atoms with van der Waals surface area (Å²) in [5.41, 5.74) is 1.41. The van der Waals surface area contributed by atoms with Gasteiger partial charge in [0.25, 0.3) is 23.6 Å². The van der Waals surface area contributed by atoms with Gasteiger partial charge in [0.2, 0.25) is 0 Å². The van der Waals surface area contributed by atoms with Gasteiger partial charge in [-0.1, -0.05) is 19.1 Å². The minimum atomic E-state index is -1.64. The molecule has 8 heterocycles. The molecule has 10 rings (SSSR count). The van der Waals surface area contributed by atoms with Crippen molar-refractivity contribution in [3.8, 4) is 11.5 Å². The number of aromatic nitrogens is 2. The van der Waals surface area contributed by atoms with E-state index in [1.807, 2.05) is 0 Å². The monoisotopic (exact) mass is 882 g/mol. The smallest absolute Gasteiger partial charge is 0.322 e. The second kappa shape index (κ2) is 15.7. The number of carbonyl (C=O) groups excluding carboxylic acids is 8. The van der Waals surface area contributed by atoms with Crippen LogP contribution in [0.5, 0.6) is 11.5 Å². The van der Waals surface area contributed by atoms with Gasteiger partial charge in [-0.25, -0.2) is 9.59 Å². The summed E-state index contributed by atoms with van der Waals surface area (Å²) in [6.07, 6.45) is 3.17. The van der Waals surface area contributed by atoms with Crippen LogP contribution in [0.25, 0.3) is 22.2 Å². The van der Waals surface area contributed by atoms with E-state index in [1.54, 1.807) is 49.4 Å². The number of fused-ring (bicyclic) bond motifs is 4. The number of nitrogens with zero attached hydrogens (tertiary/aromatic N) is 4. The van der Waals surface area contributed by atoms with Gasteiger partial charge in [-0.05, 0) is 54.4 Å². The Hall–Kier alpha value is -8.42. The van der Waals surface area contributed by atoms with Gasteiger partial charge in [0.1, 0.15) is 34.1 Å². The summed E-state index contributed by atoms with van der Waals surface area (Å²) in [6.45, 7) is 3.37. The molecule has 2 atom stereocenters. The molecule has 0 bridgehead atoms. The summed E-state index contributed by atoms with van der Waals surface area (Å²) in [7, 11) is 3.03. The van der Waals surface area contributed by atoms with Crippen LogP contribution in [0.4, 0.5) is 9.59 Å². The first kappa shape index (κ1) is 41.9. The molecule has 0 saturated carbocycles. The molecule has 6 aromatic rings. The molecule has 20 nitrogen and oxygen atoms in total. The number of rotatable bonds is 11. The third-order valence-electron chi connectivity index (χ3n) is 11.8. The molecule has 0 unspecified atom stereocenters. The van der Waals surface area contributed by atoms with Gasteiger partial charge in [0.05, 0.1) is 27.3 Å². The van der Waals surface area contributed by atoms with Crippen LogP contribution in [0.3, 0.4) is 0 Å². The lowest BCUT2D eigenvalue weighted by molar-refractivity contribution is -0.126. The van der Waals surface area contributed by atoms with E-state index in [2.05, 4.69) is 31.2 Å². The minimum absolute atomic E-state index is 0.0974. The van der Waals surface area contributed by atoms with Crippen LogP contribution < -0.4 is 30.7 Å². The first-order valence-electron chi connectivity index (χ1n) is 20.2. The second-order valence-electron chi connectivity index (χ2n) is 15.8. The van der Waals surface area contributed by atoms with Crippen LogP contribution in [0.2, 0.25) is 0 Å². The highest BCUT2D eigenvalue weighted by Crippen LogP contribution is 2.37. The standard InChI is InChI=1S/C23H20N4O6.C22H18N4O6/c1-3-17(28)13-6-18-16(24-9-13)8-19(33-18)23(21(30)25-22(31)26-23)11-27-10-12-4-5-14(32-2)7-15(12)20(27)29;1-11(27)13-5-17-16(23-8-13)7-18(32-17)22(20(29)24-21(30)25-22)10-26-9-12-3-4-14(31-2)6-15(12)19(26)28/h4-9H,3,10-11H2,1-2H3,(H2,25,26,30,31);3-8H,9-10H2,1-2H3,(H2,24,25,29,30)/t23-;22-/m00/s1. The van der Waals surface area contributed by atoms with E-state index in [-0.39, 0.29) is 61.1 Å². The Kier molecular flexibility index (Phi) is 10.1. The third-order valence-corrected chi connectivity index (χ3v) is 11.8. The van der Waals surface area contributed by atoms with Crippen LogP contribution >= 0.6 is 0 Å². The minimum Gasteiger partial charge on any atom is -0.497 e. The van der Waals surface area contributed by atoms with E-state index in [0.29, 0.717) is 62.4 Å². The molecular weight excluding hydrogens is 845 g/mol. The molecule has 65 heavy (non-hydrogen) atoms.